The van der Waals surface area contributed by atoms with Crippen LogP contribution in [0, 0.1) is 0 Å². The van der Waals surface area contributed by atoms with Crippen molar-refractivity contribution in [2.75, 3.05) is 0 Å². The van der Waals surface area contributed by atoms with Crippen LogP contribution in [0.25, 0.3) is 0 Å². The Morgan fingerprint density at radius 3 is 1.57 bits per heavy atom. The number of carbonyl (C=O) groups excluding carboxylic acids is 1. The predicted octanol–water partition coefficient (Wildman–Crippen LogP) is 2.65. The van der Waals surface area contributed by atoms with Crippen LogP contribution in [0.2, 0.25) is 0 Å². The number of hydrogen-bond donors (Lipinski definition) is 1. The molecule has 14 heavy (non-hydrogen) atoms. The quantitative estimate of drug-likeness (QED) is 0.783. The summed E-state index contributed by atoms with van der Waals surface area (Å²) in [5, 5.41) is 2.89. The second-order valence-electron chi connectivity index (χ2n) is 4.20. The molecule has 0 radical (unpaired) electrons. The highest BCUT2D eigenvalue weighted by molar-refractivity contribution is 5.85. The van der Waals surface area contributed by atoms with Crippen LogP contribution >= 0.6 is 12.4 Å². The molecule has 0 saturated carbocycles. The first-order valence-electron chi connectivity index (χ1n) is 4.95. The number of nitrogens with zero attached hydrogens (tertiary/aromatic N) is 1. The van der Waals surface area contributed by atoms with E-state index in [-0.39, 0.29) is 36.6 Å². The summed E-state index contributed by atoms with van der Waals surface area (Å²) in [7, 11) is 0. The molecular weight excluding hydrogens is 200 g/mol. The Morgan fingerprint density at radius 1 is 1.00 bits per heavy atom. The molecule has 0 bridgehead atoms. The molecule has 0 aromatic carbocycles. The molecule has 0 aromatic heterocycles. The van der Waals surface area contributed by atoms with Gasteiger partial charge in [-0.3, -0.25) is 0 Å². The summed E-state index contributed by atoms with van der Waals surface area (Å²) in [4.78, 5) is 13.5. The SMILES string of the molecule is CC(C)NC(=O)N(C(C)C)C(C)C.Cl. The van der Waals surface area contributed by atoms with E-state index in [1.165, 1.54) is 0 Å². The third-order valence-electron chi connectivity index (χ3n) is 1.76. The first kappa shape index (κ1) is 16.0. The zero-order chi connectivity index (χ0) is 10.6. The largest absolute Gasteiger partial charge is 0.336 e. The zero-order valence-corrected chi connectivity index (χ0v) is 10.8. The third-order valence-corrected chi connectivity index (χ3v) is 1.76. The highest BCUT2D eigenvalue weighted by atomic mass is 35.5. The first-order valence-corrected chi connectivity index (χ1v) is 4.95. The van der Waals surface area contributed by atoms with E-state index in [2.05, 4.69) is 5.32 Å². The zero-order valence-electron chi connectivity index (χ0n) is 10.00. The van der Waals surface area contributed by atoms with Gasteiger partial charge in [-0.2, -0.15) is 0 Å². The van der Waals surface area contributed by atoms with Crippen LogP contribution in [0.4, 0.5) is 4.79 Å². The average Bonchev–Trinajstić information content (AvgIpc) is 1.81. The van der Waals surface area contributed by atoms with Crippen LogP contribution in [0.3, 0.4) is 0 Å². The Hall–Kier alpha value is -0.440. The molecule has 3 nitrogen and oxygen atoms in total. The molecule has 86 valence electrons. The number of urea groups is 1. The van der Waals surface area contributed by atoms with E-state index >= 15 is 0 Å². The molecule has 0 aliphatic heterocycles. The summed E-state index contributed by atoms with van der Waals surface area (Å²) in [6, 6.07) is 0.727. The summed E-state index contributed by atoms with van der Waals surface area (Å²) in [5.41, 5.74) is 0. The number of carbonyl (C=O) groups is 1. The van der Waals surface area contributed by atoms with Crippen LogP contribution in [-0.2, 0) is 0 Å². The van der Waals surface area contributed by atoms with Crippen LogP contribution in [0.5, 0.6) is 0 Å². The van der Waals surface area contributed by atoms with E-state index in [0.29, 0.717) is 0 Å². The molecule has 0 aliphatic carbocycles. The van der Waals surface area contributed by atoms with Gasteiger partial charge in [0.2, 0.25) is 0 Å². The molecule has 0 aliphatic rings. The third kappa shape index (κ3) is 5.32. The maximum absolute atomic E-state index is 11.7. The molecular formula is C10H23ClN2O. The van der Waals surface area contributed by atoms with E-state index in [1.807, 2.05) is 46.4 Å². The molecule has 0 fully saturated rings. The lowest BCUT2D eigenvalue weighted by molar-refractivity contribution is 0.163. The van der Waals surface area contributed by atoms with Gasteiger partial charge in [0.05, 0.1) is 0 Å². The molecule has 4 heteroatoms. The minimum atomic E-state index is 0. The van der Waals surface area contributed by atoms with Crippen LogP contribution in [0.1, 0.15) is 41.5 Å². The highest BCUT2D eigenvalue weighted by Gasteiger charge is 2.19. The van der Waals surface area contributed by atoms with Gasteiger partial charge < -0.3 is 10.2 Å². The Morgan fingerprint density at radius 2 is 1.36 bits per heavy atom. The van der Waals surface area contributed by atoms with Crippen molar-refractivity contribution in [1.29, 1.82) is 0 Å². The molecule has 0 unspecified atom stereocenters. The smallest absolute Gasteiger partial charge is 0.318 e. The van der Waals surface area contributed by atoms with Crippen molar-refractivity contribution in [3.63, 3.8) is 0 Å². The lowest BCUT2D eigenvalue weighted by Crippen LogP contribution is -2.49. The van der Waals surface area contributed by atoms with Gasteiger partial charge in [-0.15, -0.1) is 12.4 Å². The normalized spacial score (nSPS) is 10.4. The van der Waals surface area contributed by atoms with Crippen molar-refractivity contribution in [1.82, 2.24) is 10.2 Å². The van der Waals surface area contributed by atoms with Crippen molar-refractivity contribution in [2.45, 2.75) is 59.7 Å². The van der Waals surface area contributed by atoms with Crippen molar-refractivity contribution >= 4 is 18.4 Å². The van der Waals surface area contributed by atoms with E-state index in [9.17, 15) is 4.79 Å². The van der Waals surface area contributed by atoms with Crippen LogP contribution < -0.4 is 5.32 Å². The van der Waals surface area contributed by atoms with Crippen molar-refractivity contribution < 1.29 is 4.79 Å². The fourth-order valence-electron chi connectivity index (χ4n) is 1.39. The molecule has 1 N–H and O–H groups in total. The Kier molecular flexibility index (Phi) is 7.93. The summed E-state index contributed by atoms with van der Waals surface area (Å²) in [6.45, 7) is 12.0. The summed E-state index contributed by atoms with van der Waals surface area (Å²) in [5.74, 6) is 0. The van der Waals surface area contributed by atoms with Gasteiger partial charge in [-0.25, -0.2) is 4.79 Å². The number of amides is 2. The van der Waals surface area contributed by atoms with Crippen molar-refractivity contribution in [2.24, 2.45) is 0 Å². The van der Waals surface area contributed by atoms with Gasteiger partial charge in [0, 0.05) is 18.1 Å². The Labute approximate surface area is 93.6 Å². The molecule has 0 atom stereocenters. The minimum absolute atomic E-state index is 0. The first-order chi connectivity index (χ1) is 5.86. The molecule has 0 aromatic rings. The summed E-state index contributed by atoms with van der Waals surface area (Å²) < 4.78 is 0. The maximum atomic E-state index is 11.7. The standard InChI is InChI=1S/C10H22N2O.ClH/c1-7(2)11-10(13)12(8(3)4)9(5)6;/h7-9H,1-6H3,(H,11,13);1H. The fourth-order valence-corrected chi connectivity index (χ4v) is 1.39. The highest BCUT2D eigenvalue weighted by Crippen LogP contribution is 2.05. The molecule has 0 spiro atoms. The van der Waals surface area contributed by atoms with Gasteiger partial charge in [0.15, 0.2) is 0 Å². The number of rotatable bonds is 3. The molecule has 0 saturated heterocycles. The van der Waals surface area contributed by atoms with E-state index in [0.717, 1.165) is 0 Å². The van der Waals surface area contributed by atoms with E-state index < -0.39 is 0 Å². The number of hydrogen-bond acceptors (Lipinski definition) is 1. The number of nitrogens with one attached hydrogen (secondary N) is 1. The van der Waals surface area contributed by atoms with Crippen molar-refractivity contribution in [3.05, 3.63) is 0 Å². The van der Waals surface area contributed by atoms with Gasteiger partial charge in [0.25, 0.3) is 0 Å². The lowest BCUT2D eigenvalue weighted by Gasteiger charge is -2.31. The average molecular weight is 223 g/mol. The Balaban J connectivity index is 0. The molecule has 2 amide bonds. The van der Waals surface area contributed by atoms with Gasteiger partial charge in [-0.1, -0.05) is 0 Å². The predicted molar refractivity (Wildman–Crippen MR) is 63.0 cm³/mol. The minimum Gasteiger partial charge on any atom is -0.336 e. The fraction of sp³-hybridized carbons (Fsp3) is 0.900. The van der Waals surface area contributed by atoms with Gasteiger partial charge in [0.1, 0.15) is 0 Å². The monoisotopic (exact) mass is 222 g/mol. The summed E-state index contributed by atoms with van der Waals surface area (Å²) in [6.07, 6.45) is 0. The van der Waals surface area contributed by atoms with Crippen LogP contribution in [0.15, 0.2) is 0 Å². The number of halogens is 1. The van der Waals surface area contributed by atoms with E-state index in [4.69, 9.17) is 0 Å². The van der Waals surface area contributed by atoms with Crippen LogP contribution in [-0.4, -0.2) is 29.1 Å². The lowest BCUT2D eigenvalue weighted by atomic mass is 10.2. The maximum Gasteiger partial charge on any atom is 0.318 e. The molecule has 0 heterocycles. The van der Waals surface area contributed by atoms with E-state index in [1.54, 1.807) is 0 Å². The van der Waals surface area contributed by atoms with Gasteiger partial charge >= 0.3 is 6.03 Å². The topological polar surface area (TPSA) is 32.3 Å². The van der Waals surface area contributed by atoms with Gasteiger partial charge in [-0.05, 0) is 41.5 Å². The molecule has 0 rings (SSSR count). The second-order valence-corrected chi connectivity index (χ2v) is 4.20. The Bertz CT molecular complexity index is 162. The van der Waals surface area contributed by atoms with Crippen molar-refractivity contribution in [3.8, 4) is 0 Å². The second kappa shape index (κ2) is 6.93. The summed E-state index contributed by atoms with van der Waals surface area (Å²) >= 11 is 0.